The Hall–Kier alpha value is -0.520. The standard InChI is InChI=1S/C14H26N2/c1-5-6-7-8-16-11-14(9-12(2)3)15-10-13(16)4/h12-15H,7-11H2,1-4H3. The molecule has 1 aliphatic heterocycles. The highest BCUT2D eigenvalue weighted by atomic mass is 15.2. The van der Waals surface area contributed by atoms with Crippen LogP contribution in [0.2, 0.25) is 0 Å². The number of rotatable bonds is 4. The molecule has 0 aliphatic carbocycles. The quantitative estimate of drug-likeness (QED) is 0.733. The molecule has 92 valence electrons. The summed E-state index contributed by atoms with van der Waals surface area (Å²) in [5, 5.41) is 3.64. The molecule has 1 heterocycles. The van der Waals surface area contributed by atoms with Gasteiger partial charge in [0.25, 0.3) is 0 Å². The fourth-order valence-corrected chi connectivity index (χ4v) is 2.36. The maximum atomic E-state index is 3.64. The van der Waals surface area contributed by atoms with Gasteiger partial charge in [0, 0.05) is 38.1 Å². The Balaban J connectivity index is 2.37. The number of hydrogen-bond acceptors (Lipinski definition) is 2. The lowest BCUT2D eigenvalue weighted by atomic mass is 10.00. The van der Waals surface area contributed by atoms with E-state index in [2.05, 4.69) is 42.8 Å². The van der Waals surface area contributed by atoms with E-state index in [0.717, 1.165) is 25.4 Å². The molecule has 2 heteroatoms. The molecule has 1 aliphatic rings. The average molecular weight is 222 g/mol. The molecule has 16 heavy (non-hydrogen) atoms. The third-order valence-electron chi connectivity index (χ3n) is 3.24. The van der Waals surface area contributed by atoms with Gasteiger partial charge in [-0.05, 0) is 26.2 Å². The highest BCUT2D eigenvalue weighted by Crippen LogP contribution is 2.13. The molecule has 0 bridgehead atoms. The molecular formula is C14H26N2. The van der Waals surface area contributed by atoms with E-state index in [1.807, 2.05) is 6.92 Å². The van der Waals surface area contributed by atoms with Gasteiger partial charge < -0.3 is 5.32 Å². The van der Waals surface area contributed by atoms with Crippen molar-refractivity contribution in [2.24, 2.45) is 5.92 Å². The van der Waals surface area contributed by atoms with Crippen LogP contribution in [-0.2, 0) is 0 Å². The molecule has 0 aromatic rings. The second-order valence-electron chi connectivity index (χ2n) is 5.26. The summed E-state index contributed by atoms with van der Waals surface area (Å²) in [7, 11) is 0. The predicted molar refractivity (Wildman–Crippen MR) is 70.3 cm³/mol. The zero-order chi connectivity index (χ0) is 12.0. The van der Waals surface area contributed by atoms with E-state index in [4.69, 9.17) is 0 Å². The minimum Gasteiger partial charge on any atom is -0.311 e. The molecule has 0 radical (unpaired) electrons. The van der Waals surface area contributed by atoms with E-state index in [-0.39, 0.29) is 0 Å². The fourth-order valence-electron chi connectivity index (χ4n) is 2.36. The third kappa shape index (κ3) is 4.55. The van der Waals surface area contributed by atoms with Gasteiger partial charge in [0.1, 0.15) is 0 Å². The third-order valence-corrected chi connectivity index (χ3v) is 3.24. The van der Waals surface area contributed by atoms with Crippen molar-refractivity contribution < 1.29 is 0 Å². The molecule has 1 rings (SSSR count). The summed E-state index contributed by atoms with van der Waals surface area (Å²) >= 11 is 0. The molecule has 0 aromatic heterocycles. The number of piperazine rings is 1. The van der Waals surface area contributed by atoms with Gasteiger partial charge in [0.2, 0.25) is 0 Å². The molecule has 1 N–H and O–H groups in total. The molecule has 0 amide bonds. The molecule has 0 saturated carbocycles. The van der Waals surface area contributed by atoms with E-state index in [1.165, 1.54) is 13.0 Å². The van der Waals surface area contributed by atoms with Crippen molar-refractivity contribution in [1.82, 2.24) is 10.2 Å². The lowest BCUT2D eigenvalue weighted by molar-refractivity contribution is 0.135. The van der Waals surface area contributed by atoms with Gasteiger partial charge in [-0.25, -0.2) is 0 Å². The highest BCUT2D eigenvalue weighted by Gasteiger charge is 2.24. The molecule has 1 fully saturated rings. The molecule has 0 aromatic carbocycles. The normalized spacial score (nSPS) is 26.6. The SMILES string of the molecule is CC#CCCN1CC(CC(C)C)NCC1C. The minimum atomic E-state index is 0.655. The Labute approximate surface area is 101 Å². The molecule has 2 unspecified atom stereocenters. The Morgan fingerprint density at radius 1 is 1.44 bits per heavy atom. The zero-order valence-corrected chi connectivity index (χ0v) is 11.2. The first-order valence-corrected chi connectivity index (χ1v) is 6.50. The molecule has 2 atom stereocenters. The molecule has 2 nitrogen and oxygen atoms in total. The second-order valence-corrected chi connectivity index (χ2v) is 5.26. The first-order valence-electron chi connectivity index (χ1n) is 6.50. The van der Waals surface area contributed by atoms with Crippen molar-refractivity contribution in [2.75, 3.05) is 19.6 Å². The van der Waals surface area contributed by atoms with Crippen LogP contribution in [0.15, 0.2) is 0 Å². The van der Waals surface area contributed by atoms with Gasteiger partial charge in [-0.2, -0.15) is 0 Å². The van der Waals surface area contributed by atoms with Crippen molar-refractivity contribution in [3.05, 3.63) is 0 Å². The van der Waals surface area contributed by atoms with Crippen LogP contribution in [0.1, 0.15) is 40.5 Å². The molecular weight excluding hydrogens is 196 g/mol. The Kier molecular flexibility index (Phi) is 5.87. The lowest BCUT2D eigenvalue weighted by Gasteiger charge is -2.39. The van der Waals surface area contributed by atoms with E-state index >= 15 is 0 Å². The summed E-state index contributed by atoms with van der Waals surface area (Å²) in [5.74, 6) is 6.91. The van der Waals surface area contributed by atoms with Crippen LogP contribution in [0.5, 0.6) is 0 Å². The van der Waals surface area contributed by atoms with Crippen molar-refractivity contribution in [3.63, 3.8) is 0 Å². The van der Waals surface area contributed by atoms with Crippen molar-refractivity contribution in [3.8, 4) is 11.8 Å². The van der Waals surface area contributed by atoms with E-state index in [0.29, 0.717) is 12.1 Å². The Morgan fingerprint density at radius 2 is 2.19 bits per heavy atom. The van der Waals surface area contributed by atoms with Crippen molar-refractivity contribution >= 4 is 0 Å². The van der Waals surface area contributed by atoms with Gasteiger partial charge in [-0.1, -0.05) is 13.8 Å². The number of nitrogens with one attached hydrogen (secondary N) is 1. The van der Waals surface area contributed by atoms with Crippen molar-refractivity contribution in [1.29, 1.82) is 0 Å². The summed E-state index contributed by atoms with van der Waals surface area (Å²) < 4.78 is 0. The minimum absolute atomic E-state index is 0.655. The average Bonchev–Trinajstić information content (AvgIpc) is 2.22. The van der Waals surface area contributed by atoms with Crippen LogP contribution < -0.4 is 5.32 Å². The molecule has 1 saturated heterocycles. The van der Waals surface area contributed by atoms with Gasteiger partial charge in [-0.3, -0.25) is 4.90 Å². The van der Waals surface area contributed by atoms with Gasteiger partial charge in [0.15, 0.2) is 0 Å². The van der Waals surface area contributed by atoms with Crippen molar-refractivity contribution in [2.45, 2.75) is 52.6 Å². The van der Waals surface area contributed by atoms with Crippen LogP contribution >= 0.6 is 0 Å². The monoisotopic (exact) mass is 222 g/mol. The molecule has 0 spiro atoms. The number of nitrogens with zero attached hydrogens (tertiary/aromatic N) is 1. The van der Waals surface area contributed by atoms with Crippen LogP contribution in [0.3, 0.4) is 0 Å². The Morgan fingerprint density at radius 3 is 2.81 bits per heavy atom. The zero-order valence-electron chi connectivity index (χ0n) is 11.2. The maximum Gasteiger partial charge on any atom is 0.0217 e. The van der Waals surface area contributed by atoms with Crippen LogP contribution in [0.4, 0.5) is 0 Å². The van der Waals surface area contributed by atoms with E-state index < -0.39 is 0 Å². The summed E-state index contributed by atoms with van der Waals surface area (Å²) in [6.45, 7) is 12.2. The topological polar surface area (TPSA) is 15.3 Å². The van der Waals surface area contributed by atoms with Gasteiger partial charge in [0.05, 0.1) is 0 Å². The number of hydrogen-bond donors (Lipinski definition) is 1. The van der Waals surface area contributed by atoms with Crippen LogP contribution in [-0.4, -0.2) is 36.6 Å². The second kappa shape index (κ2) is 6.93. The fraction of sp³-hybridized carbons (Fsp3) is 0.857. The van der Waals surface area contributed by atoms with Gasteiger partial charge in [-0.15, -0.1) is 11.8 Å². The first-order chi connectivity index (χ1) is 7.63. The highest BCUT2D eigenvalue weighted by molar-refractivity contribution is 4.96. The van der Waals surface area contributed by atoms with E-state index in [1.54, 1.807) is 0 Å². The van der Waals surface area contributed by atoms with E-state index in [9.17, 15) is 0 Å². The largest absolute Gasteiger partial charge is 0.311 e. The summed E-state index contributed by atoms with van der Waals surface area (Å²) in [5.41, 5.74) is 0. The summed E-state index contributed by atoms with van der Waals surface area (Å²) in [6.07, 6.45) is 2.29. The predicted octanol–water partition coefficient (Wildman–Crippen LogP) is 2.11. The smallest absolute Gasteiger partial charge is 0.0217 e. The van der Waals surface area contributed by atoms with Crippen LogP contribution in [0.25, 0.3) is 0 Å². The summed E-state index contributed by atoms with van der Waals surface area (Å²) in [6, 6.07) is 1.33. The van der Waals surface area contributed by atoms with Gasteiger partial charge >= 0.3 is 0 Å². The first kappa shape index (κ1) is 13.5. The Bertz CT molecular complexity index is 249. The maximum absolute atomic E-state index is 3.64. The summed E-state index contributed by atoms with van der Waals surface area (Å²) in [4.78, 5) is 2.58. The van der Waals surface area contributed by atoms with Crippen LogP contribution in [0, 0.1) is 17.8 Å². The lowest BCUT2D eigenvalue weighted by Crippen LogP contribution is -2.55.